The number of likely N-dealkylation sites (tertiary alicyclic amines) is 1. The quantitative estimate of drug-likeness (QED) is 0.239. The molecule has 13 heteroatoms. The van der Waals surface area contributed by atoms with Gasteiger partial charge in [-0.15, -0.1) is 12.4 Å². The molecule has 0 saturated carbocycles. The van der Waals surface area contributed by atoms with Crippen LogP contribution in [-0.4, -0.2) is 56.2 Å². The van der Waals surface area contributed by atoms with Crippen LogP contribution in [0.15, 0.2) is 60.7 Å². The van der Waals surface area contributed by atoms with Gasteiger partial charge in [-0.25, -0.2) is 22.0 Å². The minimum absolute atomic E-state index is 0. The van der Waals surface area contributed by atoms with Crippen molar-refractivity contribution in [1.29, 1.82) is 5.26 Å². The number of anilines is 2. The van der Waals surface area contributed by atoms with Crippen molar-refractivity contribution < 1.29 is 26.7 Å². The number of nitrogens with zero attached hydrogens (tertiary/aromatic N) is 3. The number of ether oxygens (including phenoxy) is 1. The minimum atomic E-state index is -3.34. The average molecular weight is 648 g/mol. The number of hydrogen-bond acceptors (Lipinski definition) is 6. The Bertz CT molecular complexity index is 1560. The van der Waals surface area contributed by atoms with Crippen molar-refractivity contribution in [3.05, 3.63) is 83.4 Å². The largest absolute Gasteiger partial charge is 0.457 e. The molecule has 0 radical (unpaired) electrons. The lowest BCUT2D eigenvalue weighted by Gasteiger charge is -2.38. The summed E-state index contributed by atoms with van der Waals surface area (Å²) in [7, 11) is -3.34. The van der Waals surface area contributed by atoms with Crippen molar-refractivity contribution in [2.24, 2.45) is 0 Å². The second-order valence-corrected chi connectivity index (χ2v) is 12.3. The third-order valence-corrected chi connectivity index (χ3v) is 7.76. The van der Waals surface area contributed by atoms with E-state index in [4.69, 9.17) is 10.00 Å². The van der Waals surface area contributed by atoms with Crippen LogP contribution < -0.4 is 14.8 Å². The average Bonchev–Trinajstić information content (AvgIpc) is 2.97. The number of halogens is 3. The summed E-state index contributed by atoms with van der Waals surface area (Å²) in [6, 6.07) is 17.1. The molecule has 4 rings (SSSR count). The van der Waals surface area contributed by atoms with Gasteiger partial charge in [-0.2, -0.15) is 5.26 Å². The van der Waals surface area contributed by atoms with Gasteiger partial charge < -0.3 is 15.0 Å². The van der Waals surface area contributed by atoms with Crippen LogP contribution in [0.5, 0.6) is 11.5 Å². The summed E-state index contributed by atoms with van der Waals surface area (Å²) in [5.41, 5.74) is 0.869. The number of piperidine rings is 1. The molecule has 2 N–H and O–H groups in total. The highest BCUT2D eigenvalue weighted by molar-refractivity contribution is 7.92. The van der Waals surface area contributed by atoms with E-state index in [0.717, 1.165) is 69.3 Å². The van der Waals surface area contributed by atoms with E-state index in [9.17, 15) is 22.0 Å². The lowest BCUT2D eigenvalue weighted by molar-refractivity contribution is 0.122. The van der Waals surface area contributed by atoms with E-state index < -0.39 is 33.3 Å². The van der Waals surface area contributed by atoms with Crippen LogP contribution in [0.3, 0.4) is 0 Å². The van der Waals surface area contributed by atoms with Gasteiger partial charge in [-0.05, 0) is 67.3 Å². The highest BCUT2D eigenvalue weighted by atomic mass is 35.5. The lowest BCUT2D eigenvalue weighted by atomic mass is 10.0. The molecule has 0 unspecified atom stereocenters. The number of urea groups is 1. The third kappa shape index (κ3) is 9.80. The molecule has 0 aliphatic carbocycles. The van der Waals surface area contributed by atoms with Crippen molar-refractivity contribution in [1.82, 2.24) is 9.80 Å². The molecule has 0 spiro atoms. The van der Waals surface area contributed by atoms with Crippen LogP contribution in [0.4, 0.5) is 25.0 Å². The first-order valence-electron chi connectivity index (χ1n) is 14.1. The van der Waals surface area contributed by atoms with Crippen molar-refractivity contribution in [3.63, 3.8) is 0 Å². The molecular formula is C31H36ClF2N5O4S. The number of carbonyl (C=O) groups excluding carboxylic acids is 1. The summed E-state index contributed by atoms with van der Waals surface area (Å²) in [4.78, 5) is 17.2. The summed E-state index contributed by atoms with van der Waals surface area (Å²) < 4.78 is 59.5. The van der Waals surface area contributed by atoms with Gasteiger partial charge >= 0.3 is 6.03 Å². The second kappa shape index (κ2) is 15.7. The van der Waals surface area contributed by atoms with Crippen LogP contribution in [0.2, 0.25) is 0 Å². The Labute approximate surface area is 263 Å². The van der Waals surface area contributed by atoms with E-state index in [2.05, 4.69) is 14.9 Å². The van der Waals surface area contributed by atoms with Crippen LogP contribution in [-0.2, 0) is 16.6 Å². The van der Waals surface area contributed by atoms with Gasteiger partial charge in [0, 0.05) is 44.0 Å². The number of nitriles is 1. The van der Waals surface area contributed by atoms with E-state index in [1.165, 1.54) is 0 Å². The fourth-order valence-electron chi connectivity index (χ4n) is 4.95. The first-order chi connectivity index (χ1) is 20.5. The normalized spacial score (nSPS) is 13.8. The first kappa shape index (κ1) is 34.6. The summed E-state index contributed by atoms with van der Waals surface area (Å²) >= 11 is 0. The first-order valence-corrected chi connectivity index (χ1v) is 16.0. The topological polar surface area (TPSA) is 115 Å². The SMILES string of the molecule is CCCCN(C(=O)Nc1cc(F)c(C#N)cc1F)C1CCN(Cc2ccc(Oc3ccc(NS(C)(=O)=O)cc3)cc2)CC1.Cl. The molecule has 3 aromatic carbocycles. The Morgan fingerprint density at radius 2 is 1.66 bits per heavy atom. The van der Waals surface area contributed by atoms with Gasteiger partial charge in [0.1, 0.15) is 29.2 Å². The predicted octanol–water partition coefficient (Wildman–Crippen LogP) is 6.72. The maximum Gasteiger partial charge on any atom is 0.322 e. The smallest absolute Gasteiger partial charge is 0.322 e. The zero-order chi connectivity index (χ0) is 31.0. The van der Waals surface area contributed by atoms with Gasteiger partial charge in [0.15, 0.2) is 0 Å². The number of benzene rings is 3. The van der Waals surface area contributed by atoms with Crippen LogP contribution in [0, 0.1) is 23.0 Å². The molecule has 1 heterocycles. The number of nitrogens with one attached hydrogen (secondary N) is 2. The Balaban J connectivity index is 0.00000529. The van der Waals surface area contributed by atoms with Crippen LogP contribution in [0.25, 0.3) is 0 Å². The van der Waals surface area contributed by atoms with E-state index in [1.54, 1.807) is 35.2 Å². The molecule has 1 aliphatic heterocycles. The van der Waals surface area contributed by atoms with E-state index >= 15 is 0 Å². The Morgan fingerprint density at radius 3 is 2.23 bits per heavy atom. The molecule has 1 fully saturated rings. The van der Waals surface area contributed by atoms with Crippen molar-refractivity contribution in [2.75, 3.05) is 35.9 Å². The maximum absolute atomic E-state index is 14.4. The van der Waals surface area contributed by atoms with E-state index in [0.29, 0.717) is 23.7 Å². The Kier molecular flexibility index (Phi) is 12.3. The lowest BCUT2D eigenvalue weighted by Crippen LogP contribution is -2.49. The Hall–Kier alpha value is -3.92. The van der Waals surface area contributed by atoms with Crippen molar-refractivity contribution in [2.45, 2.75) is 45.2 Å². The van der Waals surface area contributed by atoms with Gasteiger partial charge in [-0.3, -0.25) is 9.62 Å². The summed E-state index contributed by atoms with van der Waals surface area (Å²) in [6.07, 6.45) is 4.25. The monoisotopic (exact) mass is 647 g/mol. The molecule has 2 amide bonds. The fraction of sp³-hybridized carbons (Fsp3) is 0.355. The number of sulfonamides is 1. The summed E-state index contributed by atoms with van der Waals surface area (Å²) in [6.45, 7) is 4.81. The van der Waals surface area contributed by atoms with E-state index in [-0.39, 0.29) is 24.1 Å². The second-order valence-electron chi connectivity index (χ2n) is 10.6. The summed E-state index contributed by atoms with van der Waals surface area (Å²) in [5, 5.41) is 11.4. The number of hydrogen-bond donors (Lipinski definition) is 2. The van der Waals surface area contributed by atoms with Gasteiger partial charge in [-0.1, -0.05) is 25.5 Å². The van der Waals surface area contributed by atoms with Gasteiger partial charge in [0.05, 0.1) is 17.5 Å². The highest BCUT2D eigenvalue weighted by Gasteiger charge is 2.28. The zero-order valence-corrected chi connectivity index (χ0v) is 26.2. The highest BCUT2D eigenvalue weighted by Crippen LogP contribution is 2.26. The summed E-state index contributed by atoms with van der Waals surface area (Å²) in [5.74, 6) is -0.502. The zero-order valence-electron chi connectivity index (χ0n) is 24.6. The standard InChI is InChI=1S/C31H35F2N5O4S.ClH/c1-3-4-15-38(31(39)35-30-19-28(32)23(20-34)18-29(30)33)25-13-16-37(17-14-25)21-22-5-9-26(10-6-22)42-27-11-7-24(8-12-27)36-43(2,40)41;/h5-12,18-19,25,36H,3-4,13-17,21H2,1-2H3,(H,35,39);1H. The molecular weight excluding hydrogens is 612 g/mol. The number of amides is 2. The van der Waals surface area contributed by atoms with Gasteiger partial charge in [0.25, 0.3) is 0 Å². The molecule has 236 valence electrons. The molecule has 0 bridgehead atoms. The number of unbranched alkanes of at least 4 members (excludes halogenated alkanes) is 1. The predicted molar refractivity (Wildman–Crippen MR) is 169 cm³/mol. The molecule has 1 saturated heterocycles. The molecule has 1 aliphatic rings. The van der Waals surface area contributed by atoms with Crippen molar-refractivity contribution >= 4 is 39.8 Å². The number of carbonyl (C=O) groups is 1. The molecule has 0 atom stereocenters. The van der Waals surface area contributed by atoms with E-state index in [1.807, 2.05) is 31.2 Å². The Morgan fingerprint density at radius 1 is 1.05 bits per heavy atom. The van der Waals surface area contributed by atoms with Crippen molar-refractivity contribution in [3.8, 4) is 17.6 Å². The molecule has 3 aromatic rings. The number of rotatable bonds is 11. The molecule has 44 heavy (non-hydrogen) atoms. The van der Waals surface area contributed by atoms with Crippen LogP contribution >= 0.6 is 12.4 Å². The fourth-order valence-corrected chi connectivity index (χ4v) is 5.51. The third-order valence-electron chi connectivity index (χ3n) is 7.15. The van der Waals surface area contributed by atoms with Crippen LogP contribution in [0.1, 0.15) is 43.7 Å². The van der Waals surface area contributed by atoms with Gasteiger partial charge in [0.2, 0.25) is 10.0 Å². The molecule has 9 nitrogen and oxygen atoms in total. The molecule has 0 aromatic heterocycles. The minimum Gasteiger partial charge on any atom is -0.457 e. The maximum atomic E-state index is 14.4.